The van der Waals surface area contributed by atoms with E-state index in [-0.39, 0.29) is 18.6 Å². The van der Waals surface area contributed by atoms with Gasteiger partial charge in [-0.15, -0.1) is 0 Å². The van der Waals surface area contributed by atoms with Crippen molar-refractivity contribution in [1.29, 1.82) is 0 Å². The Hall–Kier alpha value is -2.86. The van der Waals surface area contributed by atoms with Gasteiger partial charge in [-0.1, -0.05) is 54.6 Å². The molecule has 0 radical (unpaired) electrons. The molecule has 2 aromatic rings. The Morgan fingerprint density at radius 2 is 1.57 bits per heavy atom. The first kappa shape index (κ1) is 21.4. The average molecular weight is 384 g/mol. The lowest BCUT2D eigenvalue weighted by Crippen LogP contribution is -2.35. The van der Waals surface area contributed by atoms with E-state index in [1.165, 1.54) is 7.11 Å². The first-order chi connectivity index (χ1) is 13.6. The number of amides is 1. The van der Waals surface area contributed by atoms with E-state index in [0.29, 0.717) is 13.0 Å². The number of methoxy groups -OCH3 is 1. The van der Waals surface area contributed by atoms with Crippen LogP contribution >= 0.6 is 0 Å². The van der Waals surface area contributed by atoms with Gasteiger partial charge in [0.25, 0.3) is 0 Å². The number of esters is 1. The lowest BCUT2D eigenvalue weighted by atomic mass is 10.0. The summed E-state index contributed by atoms with van der Waals surface area (Å²) in [5, 5.41) is 5.73. The molecule has 2 rings (SSSR count). The van der Waals surface area contributed by atoms with Crippen LogP contribution in [0.2, 0.25) is 0 Å². The van der Waals surface area contributed by atoms with Crippen LogP contribution in [0.25, 0.3) is 0 Å². The maximum atomic E-state index is 11.7. The van der Waals surface area contributed by atoms with Crippen molar-refractivity contribution in [2.45, 2.75) is 31.9 Å². The van der Waals surface area contributed by atoms with Gasteiger partial charge in [0, 0.05) is 6.54 Å². The summed E-state index contributed by atoms with van der Waals surface area (Å²) in [5.74, 6) is -0.246. The van der Waals surface area contributed by atoms with Gasteiger partial charge in [-0.05, 0) is 43.0 Å². The van der Waals surface area contributed by atoms with E-state index in [2.05, 4.69) is 10.6 Å². The summed E-state index contributed by atoms with van der Waals surface area (Å²) in [7, 11) is 3.15. The van der Waals surface area contributed by atoms with E-state index in [4.69, 9.17) is 9.47 Å². The molecule has 0 aliphatic rings. The maximum Gasteiger partial charge on any atom is 0.407 e. The van der Waals surface area contributed by atoms with Gasteiger partial charge in [-0.3, -0.25) is 4.79 Å². The predicted molar refractivity (Wildman–Crippen MR) is 108 cm³/mol. The highest BCUT2D eigenvalue weighted by molar-refractivity contribution is 5.75. The van der Waals surface area contributed by atoms with Gasteiger partial charge in [0.15, 0.2) is 0 Å². The molecule has 0 saturated heterocycles. The average Bonchev–Trinajstić information content (AvgIpc) is 2.74. The Morgan fingerprint density at radius 1 is 0.929 bits per heavy atom. The molecule has 1 amide bonds. The molecule has 28 heavy (non-hydrogen) atoms. The Bertz CT molecular complexity index is 732. The minimum absolute atomic E-state index is 0.246. The number of hydrogen-bond acceptors (Lipinski definition) is 5. The second-order valence-corrected chi connectivity index (χ2v) is 6.46. The number of likely N-dealkylation sites (N-methyl/N-ethyl adjacent to an activating group) is 1. The fourth-order valence-electron chi connectivity index (χ4n) is 2.79. The minimum Gasteiger partial charge on any atom is -0.468 e. The van der Waals surface area contributed by atoms with Crippen LogP contribution in [0, 0.1) is 0 Å². The van der Waals surface area contributed by atoms with Crippen molar-refractivity contribution in [2.24, 2.45) is 0 Å². The van der Waals surface area contributed by atoms with E-state index in [1.54, 1.807) is 7.05 Å². The molecule has 6 nitrogen and oxygen atoms in total. The zero-order valence-corrected chi connectivity index (χ0v) is 16.4. The number of nitrogens with one attached hydrogen (secondary N) is 2. The number of aryl methyl sites for hydroxylation is 1. The van der Waals surface area contributed by atoms with Crippen LogP contribution in [0.5, 0.6) is 0 Å². The number of carbonyl (C=O) groups excluding carboxylic acids is 2. The number of rotatable bonds is 10. The molecule has 2 N–H and O–H groups in total. The second kappa shape index (κ2) is 11.8. The van der Waals surface area contributed by atoms with Gasteiger partial charge in [-0.25, -0.2) is 4.79 Å². The summed E-state index contributed by atoms with van der Waals surface area (Å²) in [6.07, 6.45) is 1.77. The molecule has 1 atom stereocenters. The van der Waals surface area contributed by atoms with Crippen molar-refractivity contribution in [3.05, 3.63) is 71.3 Å². The third-order valence-corrected chi connectivity index (χ3v) is 4.47. The van der Waals surface area contributed by atoms with Crippen LogP contribution in [-0.2, 0) is 33.7 Å². The van der Waals surface area contributed by atoms with Crippen LogP contribution in [-0.4, -0.2) is 38.8 Å². The van der Waals surface area contributed by atoms with Crippen molar-refractivity contribution in [1.82, 2.24) is 10.6 Å². The Labute approximate surface area is 166 Å². The molecule has 0 saturated carbocycles. The fourth-order valence-corrected chi connectivity index (χ4v) is 2.79. The molecule has 0 heterocycles. The molecule has 0 fully saturated rings. The highest BCUT2D eigenvalue weighted by Gasteiger charge is 2.16. The molecule has 0 bridgehead atoms. The van der Waals surface area contributed by atoms with E-state index in [1.807, 2.05) is 54.6 Å². The summed E-state index contributed by atoms with van der Waals surface area (Å²) >= 11 is 0. The highest BCUT2D eigenvalue weighted by Crippen LogP contribution is 2.09. The number of benzene rings is 2. The third kappa shape index (κ3) is 7.40. The van der Waals surface area contributed by atoms with Crippen molar-refractivity contribution in [3.8, 4) is 0 Å². The maximum absolute atomic E-state index is 11.7. The fraction of sp³-hybridized carbons (Fsp3) is 0.364. The summed E-state index contributed by atoms with van der Waals surface area (Å²) in [6, 6.07) is 17.5. The zero-order chi connectivity index (χ0) is 20.2. The lowest BCUT2D eigenvalue weighted by Gasteiger charge is -2.13. The molecular formula is C22H28N2O4. The summed E-state index contributed by atoms with van der Waals surface area (Å²) in [5.41, 5.74) is 3.24. The Kier molecular flexibility index (Phi) is 9.01. The van der Waals surface area contributed by atoms with Gasteiger partial charge < -0.3 is 20.1 Å². The smallest absolute Gasteiger partial charge is 0.407 e. The van der Waals surface area contributed by atoms with E-state index >= 15 is 0 Å². The lowest BCUT2D eigenvalue weighted by molar-refractivity contribution is -0.143. The predicted octanol–water partition coefficient (Wildman–Crippen LogP) is 2.85. The summed E-state index contributed by atoms with van der Waals surface area (Å²) in [6.45, 7) is 0.775. The summed E-state index contributed by atoms with van der Waals surface area (Å²) in [4.78, 5) is 23.3. The van der Waals surface area contributed by atoms with E-state index in [9.17, 15) is 9.59 Å². The molecule has 150 valence electrons. The van der Waals surface area contributed by atoms with E-state index in [0.717, 1.165) is 29.5 Å². The number of alkyl carbamates (subject to hydrolysis) is 1. The Balaban J connectivity index is 1.68. The van der Waals surface area contributed by atoms with Gasteiger partial charge in [0.2, 0.25) is 0 Å². The first-order valence-corrected chi connectivity index (χ1v) is 9.40. The van der Waals surface area contributed by atoms with Crippen LogP contribution in [0.1, 0.15) is 23.1 Å². The second-order valence-electron chi connectivity index (χ2n) is 6.46. The highest BCUT2D eigenvalue weighted by atomic mass is 16.5. The Morgan fingerprint density at radius 3 is 2.18 bits per heavy atom. The van der Waals surface area contributed by atoms with Crippen molar-refractivity contribution < 1.29 is 19.1 Å². The molecule has 0 aliphatic carbocycles. The minimum atomic E-state index is -0.415. The van der Waals surface area contributed by atoms with E-state index < -0.39 is 6.09 Å². The van der Waals surface area contributed by atoms with Crippen molar-refractivity contribution >= 4 is 12.1 Å². The quantitative estimate of drug-likeness (QED) is 0.616. The van der Waals surface area contributed by atoms with Crippen LogP contribution in [0.4, 0.5) is 4.79 Å². The van der Waals surface area contributed by atoms with Crippen molar-refractivity contribution in [2.75, 3.05) is 20.7 Å². The zero-order valence-electron chi connectivity index (χ0n) is 16.4. The molecule has 6 heteroatoms. The molecule has 0 aromatic heterocycles. The SMILES string of the molecule is CN[C@@H](CCc1ccc(CCNC(=O)OCc2ccccc2)cc1)C(=O)OC. The van der Waals surface area contributed by atoms with Gasteiger partial charge in [-0.2, -0.15) is 0 Å². The third-order valence-electron chi connectivity index (χ3n) is 4.47. The topological polar surface area (TPSA) is 76.7 Å². The van der Waals surface area contributed by atoms with Crippen LogP contribution in [0.15, 0.2) is 54.6 Å². The number of carbonyl (C=O) groups is 2. The number of hydrogen-bond donors (Lipinski definition) is 2. The molecular weight excluding hydrogens is 356 g/mol. The largest absolute Gasteiger partial charge is 0.468 e. The molecule has 2 aromatic carbocycles. The summed E-state index contributed by atoms with van der Waals surface area (Å²) < 4.78 is 9.96. The van der Waals surface area contributed by atoms with Crippen LogP contribution in [0.3, 0.4) is 0 Å². The monoisotopic (exact) mass is 384 g/mol. The number of ether oxygens (including phenoxy) is 2. The first-order valence-electron chi connectivity index (χ1n) is 9.40. The molecule has 0 unspecified atom stereocenters. The van der Waals surface area contributed by atoms with Crippen LogP contribution < -0.4 is 10.6 Å². The van der Waals surface area contributed by atoms with Gasteiger partial charge in [0.1, 0.15) is 12.6 Å². The van der Waals surface area contributed by atoms with Crippen molar-refractivity contribution in [3.63, 3.8) is 0 Å². The normalized spacial score (nSPS) is 11.5. The standard InChI is InChI=1S/C22H28N2O4/c1-23-20(21(25)27-2)13-12-17-8-10-18(11-9-17)14-15-24-22(26)28-16-19-6-4-3-5-7-19/h3-11,20,23H,12-16H2,1-2H3,(H,24,26)/t20-/m0/s1. The molecule has 0 aliphatic heterocycles. The van der Waals surface area contributed by atoms with Gasteiger partial charge in [0.05, 0.1) is 7.11 Å². The van der Waals surface area contributed by atoms with Gasteiger partial charge >= 0.3 is 12.1 Å². The molecule has 0 spiro atoms.